The monoisotopic (exact) mass is 305 g/mol. The van der Waals surface area contributed by atoms with Crippen LogP contribution in [0.15, 0.2) is 52.1 Å². The van der Waals surface area contributed by atoms with E-state index in [2.05, 4.69) is 21.1 Å². The minimum atomic E-state index is 0.0737. The van der Waals surface area contributed by atoms with Crippen molar-refractivity contribution in [2.45, 2.75) is 6.42 Å². The average molecular weight is 306 g/mol. The molecule has 0 fully saturated rings. The Morgan fingerprint density at radius 1 is 1.11 bits per heavy atom. The number of oxime groups is 1. The fourth-order valence-corrected chi connectivity index (χ4v) is 2.30. The van der Waals surface area contributed by atoms with Gasteiger partial charge >= 0.3 is 0 Å². The summed E-state index contributed by atoms with van der Waals surface area (Å²) in [5, 5.41) is 21.3. The third-order valence-corrected chi connectivity index (χ3v) is 3.21. The van der Waals surface area contributed by atoms with Crippen molar-refractivity contribution in [3.05, 3.63) is 63.6 Å². The van der Waals surface area contributed by atoms with E-state index in [1.165, 1.54) is 11.8 Å². The lowest BCUT2D eigenvalue weighted by Crippen LogP contribution is -1.92. The number of phenols is 1. The van der Waals surface area contributed by atoms with Crippen molar-refractivity contribution in [2.24, 2.45) is 5.16 Å². The number of rotatable bonds is 3. The number of phenolic OH excluding ortho intramolecular Hbond substituents is 1. The third kappa shape index (κ3) is 2.90. The fraction of sp³-hybridized carbons (Fsp3) is 0.0714. The molecule has 2 N–H and O–H groups in total. The van der Waals surface area contributed by atoms with Crippen molar-refractivity contribution in [1.82, 2.24) is 0 Å². The summed E-state index contributed by atoms with van der Waals surface area (Å²) in [6, 6.07) is 13.7. The number of benzene rings is 2. The molecular weight excluding hydrogens is 294 g/mol. The first-order valence-electron chi connectivity index (χ1n) is 5.43. The van der Waals surface area contributed by atoms with Gasteiger partial charge in [-0.15, -0.1) is 0 Å². The maximum absolute atomic E-state index is 9.77. The van der Waals surface area contributed by atoms with Crippen molar-refractivity contribution >= 4 is 22.1 Å². The first kappa shape index (κ1) is 12.6. The van der Waals surface area contributed by atoms with Crippen molar-refractivity contribution in [2.75, 3.05) is 0 Å². The van der Waals surface area contributed by atoms with Gasteiger partial charge in [0.2, 0.25) is 0 Å². The Morgan fingerprint density at radius 3 is 2.50 bits per heavy atom. The number of aromatic hydroxyl groups is 1. The highest BCUT2D eigenvalue weighted by Crippen LogP contribution is 2.29. The van der Waals surface area contributed by atoms with Crippen LogP contribution in [0.1, 0.15) is 16.7 Å². The maximum Gasteiger partial charge on any atom is 0.138 e. The molecule has 0 aliphatic carbocycles. The van der Waals surface area contributed by atoms with Crippen LogP contribution in [-0.2, 0) is 6.42 Å². The number of halogens is 1. The molecule has 2 rings (SSSR count). The molecular formula is C14H12BrNO2. The Balaban J connectivity index is 2.34. The van der Waals surface area contributed by atoms with E-state index in [9.17, 15) is 5.11 Å². The molecule has 92 valence electrons. The second-order valence-electron chi connectivity index (χ2n) is 3.92. The molecule has 0 radical (unpaired) electrons. The number of hydrogen-bond acceptors (Lipinski definition) is 3. The summed E-state index contributed by atoms with van der Waals surface area (Å²) in [4.78, 5) is 0. The van der Waals surface area contributed by atoms with E-state index in [0.29, 0.717) is 10.0 Å². The van der Waals surface area contributed by atoms with E-state index in [1.807, 2.05) is 36.4 Å². The Bertz CT molecular complexity index is 568. The SMILES string of the molecule is O/N=C/c1cc(Cc2ccccc2)cc(Br)c1O. The predicted octanol–water partition coefficient (Wildman–Crippen LogP) is 3.55. The quantitative estimate of drug-likeness (QED) is 0.517. The van der Waals surface area contributed by atoms with Crippen LogP contribution >= 0.6 is 15.9 Å². The molecule has 4 heteroatoms. The Kier molecular flexibility index (Phi) is 3.99. The normalized spacial score (nSPS) is 10.9. The first-order valence-corrected chi connectivity index (χ1v) is 6.22. The van der Waals surface area contributed by atoms with E-state index in [-0.39, 0.29) is 5.75 Å². The highest BCUT2D eigenvalue weighted by atomic mass is 79.9. The predicted molar refractivity (Wildman–Crippen MR) is 74.4 cm³/mol. The zero-order valence-electron chi connectivity index (χ0n) is 9.55. The van der Waals surface area contributed by atoms with E-state index in [4.69, 9.17) is 5.21 Å². The summed E-state index contributed by atoms with van der Waals surface area (Å²) in [6.07, 6.45) is 1.97. The molecule has 0 bridgehead atoms. The van der Waals surface area contributed by atoms with Gasteiger partial charge in [-0.25, -0.2) is 0 Å². The lowest BCUT2D eigenvalue weighted by molar-refractivity contribution is 0.321. The molecule has 3 nitrogen and oxygen atoms in total. The van der Waals surface area contributed by atoms with Gasteiger partial charge in [-0.3, -0.25) is 0 Å². The lowest BCUT2D eigenvalue weighted by Gasteiger charge is -2.07. The van der Waals surface area contributed by atoms with Gasteiger partial charge in [0.1, 0.15) is 5.75 Å². The molecule has 2 aromatic rings. The summed E-state index contributed by atoms with van der Waals surface area (Å²) in [5.41, 5.74) is 2.69. The molecule has 0 aliphatic rings. The highest BCUT2D eigenvalue weighted by Gasteiger charge is 2.07. The molecule has 0 saturated heterocycles. The second kappa shape index (κ2) is 5.69. The smallest absolute Gasteiger partial charge is 0.138 e. The van der Waals surface area contributed by atoms with Crippen LogP contribution in [-0.4, -0.2) is 16.5 Å². The van der Waals surface area contributed by atoms with Gasteiger partial charge in [0, 0.05) is 5.56 Å². The molecule has 0 saturated carbocycles. The van der Waals surface area contributed by atoms with Crippen molar-refractivity contribution in [3.8, 4) is 5.75 Å². The van der Waals surface area contributed by atoms with E-state index in [1.54, 1.807) is 6.07 Å². The third-order valence-electron chi connectivity index (χ3n) is 2.60. The molecule has 0 aromatic heterocycles. The van der Waals surface area contributed by atoms with Gasteiger partial charge in [-0.05, 0) is 45.6 Å². The fourth-order valence-electron chi connectivity index (χ4n) is 1.77. The lowest BCUT2D eigenvalue weighted by atomic mass is 10.0. The standard InChI is InChI=1S/C14H12BrNO2/c15-13-8-11(6-10-4-2-1-3-5-10)7-12(9-16-18)14(13)17/h1-5,7-9,17-18H,6H2/b16-9+. The molecule has 0 spiro atoms. The second-order valence-corrected chi connectivity index (χ2v) is 4.78. The highest BCUT2D eigenvalue weighted by molar-refractivity contribution is 9.10. The minimum Gasteiger partial charge on any atom is -0.506 e. The number of nitrogens with zero attached hydrogens (tertiary/aromatic N) is 1. The van der Waals surface area contributed by atoms with Crippen molar-refractivity contribution in [1.29, 1.82) is 0 Å². The summed E-state index contributed by atoms with van der Waals surface area (Å²) in [5.74, 6) is 0.0737. The maximum atomic E-state index is 9.77. The summed E-state index contributed by atoms with van der Waals surface area (Å²) < 4.78 is 0.589. The van der Waals surface area contributed by atoms with Gasteiger partial charge in [0.05, 0.1) is 10.7 Å². The van der Waals surface area contributed by atoms with E-state index in [0.717, 1.165) is 12.0 Å². The molecule has 0 amide bonds. The van der Waals surface area contributed by atoms with Gasteiger partial charge in [0.25, 0.3) is 0 Å². The van der Waals surface area contributed by atoms with Crippen LogP contribution in [0.3, 0.4) is 0 Å². The Hall–Kier alpha value is -1.81. The van der Waals surface area contributed by atoms with Crippen LogP contribution < -0.4 is 0 Å². The summed E-state index contributed by atoms with van der Waals surface area (Å²) in [6.45, 7) is 0. The zero-order chi connectivity index (χ0) is 13.0. The zero-order valence-corrected chi connectivity index (χ0v) is 11.1. The average Bonchev–Trinajstić information content (AvgIpc) is 2.37. The van der Waals surface area contributed by atoms with Gasteiger partial charge < -0.3 is 10.3 Å². The van der Waals surface area contributed by atoms with Crippen LogP contribution in [0.2, 0.25) is 0 Å². The molecule has 0 heterocycles. The molecule has 0 aliphatic heterocycles. The molecule has 18 heavy (non-hydrogen) atoms. The Labute approximate surface area is 114 Å². The van der Waals surface area contributed by atoms with Crippen LogP contribution in [0.25, 0.3) is 0 Å². The van der Waals surface area contributed by atoms with Gasteiger partial charge in [-0.1, -0.05) is 35.5 Å². The summed E-state index contributed by atoms with van der Waals surface area (Å²) in [7, 11) is 0. The number of hydrogen-bond donors (Lipinski definition) is 2. The minimum absolute atomic E-state index is 0.0737. The Morgan fingerprint density at radius 2 is 1.83 bits per heavy atom. The topological polar surface area (TPSA) is 52.8 Å². The van der Waals surface area contributed by atoms with Gasteiger partial charge in [-0.2, -0.15) is 0 Å². The van der Waals surface area contributed by atoms with Crippen LogP contribution in [0, 0.1) is 0 Å². The molecule has 0 unspecified atom stereocenters. The molecule has 2 aromatic carbocycles. The van der Waals surface area contributed by atoms with Crippen LogP contribution in [0.5, 0.6) is 5.75 Å². The van der Waals surface area contributed by atoms with E-state index >= 15 is 0 Å². The van der Waals surface area contributed by atoms with Crippen molar-refractivity contribution in [3.63, 3.8) is 0 Å². The first-order chi connectivity index (χ1) is 8.70. The summed E-state index contributed by atoms with van der Waals surface area (Å²) >= 11 is 3.29. The van der Waals surface area contributed by atoms with Gasteiger partial charge in [0.15, 0.2) is 0 Å². The largest absolute Gasteiger partial charge is 0.506 e. The van der Waals surface area contributed by atoms with Crippen LogP contribution in [0.4, 0.5) is 0 Å². The van der Waals surface area contributed by atoms with E-state index < -0.39 is 0 Å². The molecule has 0 atom stereocenters. The van der Waals surface area contributed by atoms with Crippen molar-refractivity contribution < 1.29 is 10.3 Å².